The molecule has 4 rings (SSSR count). The Morgan fingerprint density at radius 2 is 2.15 bits per heavy atom. The van der Waals surface area contributed by atoms with Crippen molar-refractivity contribution in [2.24, 2.45) is 10.7 Å². The van der Waals surface area contributed by atoms with Gasteiger partial charge in [0.25, 0.3) is 5.91 Å². The molecule has 0 bridgehead atoms. The van der Waals surface area contributed by atoms with Gasteiger partial charge in [-0.2, -0.15) is 10.1 Å². The molecule has 3 N–H and O–H groups in total. The maximum Gasteiger partial charge on any atom is 0.278 e. The zero-order chi connectivity index (χ0) is 23.4. The molecule has 1 atom stereocenters. The number of amides is 1. The summed E-state index contributed by atoms with van der Waals surface area (Å²) >= 11 is 0. The number of amidine groups is 1. The van der Waals surface area contributed by atoms with E-state index in [2.05, 4.69) is 20.4 Å². The number of fused-ring (bicyclic) bond motifs is 1. The largest absolute Gasteiger partial charge is 0.383 e. The number of nitrogens with two attached hydrogens (primary N) is 1. The van der Waals surface area contributed by atoms with E-state index in [0.29, 0.717) is 29.9 Å². The molecule has 8 nitrogen and oxygen atoms in total. The van der Waals surface area contributed by atoms with Crippen molar-refractivity contribution in [1.29, 1.82) is 0 Å². The second kappa shape index (κ2) is 9.74. The first-order valence-corrected chi connectivity index (χ1v) is 10.7. The lowest BCUT2D eigenvalue weighted by molar-refractivity contribution is 0.100. The van der Waals surface area contributed by atoms with Crippen LogP contribution in [0.1, 0.15) is 35.0 Å². The van der Waals surface area contributed by atoms with Crippen LogP contribution >= 0.6 is 0 Å². The summed E-state index contributed by atoms with van der Waals surface area (Å²) in [5.41, 5.74) is 8.26. The van der Waals surface area contributed by atoms with Crippen LogP contribution < -0.4 is 11.1 Å². The van der Waals surface area contributed by atoms with Gasteiger partial charge in [0.1, 0.15) is 17.3 Å². The summed E-state index contributed by atoms with van der Waals surface area (Å²) in [6.07, 6.45) is 6.50. The van der Waals surface area contributed by atoms with Crippen molar-refractivity contribution in [2.75, 3.05) is 19.0 Å². The lowest BCUT2D eigenvalue weighted by Crippen LogP contribution is -2.21. The van der Waals surface area contributed by atoms with Crippen molar-refractivity contribution >= 4 is 23.8 Å². The number of pyridine rings is 1. The minimum atomic E-state index is -0.586. The Balaban J connectivity index is 1.75. The van der Waals surface area contributed by atoms with Gasteiger partial charge in [-0.05, 0) is 30.7 Å². The van der Waals surface area contributed by atoms with E-state index in [1.54, 1.807) is 54.5 Å². The number of halogens is 1. The Kier molecular flexibility index (Phi) is 6.60. The first-order chi connectivity index (χ1) is 16.0. The third-order valence-corrected chi connectivity index (χ3v) is 5.33. The van der Waals surface area contributed by atoms with E-state index in [1.807, 2.05) is 13.0 Å². The molecule has 33 heavy (non-hydrogen) atoms. The van der Waals surface area contributed by atoms with Crippen LogP contribution in [0.3, 0.4) is 0 Å². The van der Waals surface area contributed by atoms with Crippen LogP contribution in [0.5, 0.6) is 0 Å². The first kappa shape index (κ1) is 22.3. The second-order valence-electron chi connectivity index (χ2n) is 7.58. The molecular formula is C24H25FN6O2. The third-order valence-electron chi connectivity index (χ3n) is 5.33. The van der Waals surface area contributed by atoms with Gasteiger partial charge in [0.2, 0.25) is 0 Å². The van der Waals surface area contributed by atoms with E-state index in [4.69, 9.17) is 10.5 Å². The van der Waals surface area contributed by atoms with Gasteiger partial charge in [0.05, 0.1) is 23.6 Å². The van der Waals surface area contributed by atoms with Crippen LogP contribution in [0.4, 0.5) is 10.2 Å². The van der Waals surface area contributed by atoms with Crippen LogP contribution in [-0.2, 0) is 11.2 Å². The highest BCUT2D eigenvalue weighted by Crippen LogP contribution is 2.31. The molecule has 2 aromatic heterocycles. The van der Waals surface area contributed by atoms with Gasteiger partial charge in [0, 0.05) is 37.4 Å². The predicted octanol–water partition coefficient (Wildman–Crippen LogP) is 3.49. The maximum absolute atomic E-state index is 15.3. The smallest absolute Gasteiger partial charge is 0.278 e. The van der Waals surface area contributed by atoms with E-state index in [0.717, 1.165) is 12.1 Å². The van der Waals surface area contributed by atoms with Crippen molar-refractivity contribution in [3.8, 4) is 11.3 Å². The SMILES string of the molecule is CCCNc1nc(-c2cnn3c2CC(OC)C=C3)c(F)cc1C(N)=NC(=O)c1ccccc1. The van der Waals surface area contributed by atoms with Crippen molar-refractivity contribution < 1.29 is 13.9 Å². The van der Waals surface area contributed by atoms with Gasteiger partial charge < -0.3 is 15.8 Å². The van der Waals surface area contributed by atoms with Crippen molar-refractivity contribution in [1.82, 2.24) is 14.8 Å². The molecule has 1 aromatic carbocycles. The molecule has 1 aliphatic heterocycles. The van der Waals surface area contributed by atoms with E-state index in [1.165, 1.54) is 6.07 Å². The standard InChI is InChI=1S/C24H25FN6O2/c1-3-10-27-23-17(22(26)30-24(32)15-7-5-4-6-8-15)13-19(25)21(29-23)18-14-28-31-11-9-16(33-2)12-20(18)31/h4-9,11,13-14,16H,3,10,12H2,1-2H3,(H,27,29)(H2,26,30,32). The normalized spacial score (nSPS) is 15.4. The molecule has 170 valence electrons. The number of ether oxygens (including phenoxy) is 1. The molecule has 3 heterocycles. The first-order valence-electron chi connectivity index (χ1n) is 10.7. The number of aromatic nitrogens is 3. The van der Waals surface area contributed by atoms with Gasteiger partial charge in [-0.1, -0.05) is 25.1 Å². The quantitative estimate of drug-likeness (QED) is 0.423. The van der Waals surface area contributed by atoms with Crippen LogP contribution in [0.15, 0.2) is 53.7 Å². The van der Waals surface area contributed by atoms with Gasteiger partial charge in [-0.3, -0.25) is 4.79 Å². The molecule has 0 spiro atoms. The molecule has 0 saturated heterocycles. The Hall–Kier alpha value is -3.85. The highest BCUT2D eigenvalue weighted by atomic mass is 19.1. The summed E-state index contributed by atoms with van der Waals surface area (Å²) in [4.78, 5) is 21.0. The minimum absolute atomic E-state index is 0.111. The van der Waals surface area contributed by atoms with E-state index in [9.17, 15) is 4.79 Å². The fourth-order valence-corrected chi connectivity index (χ4v) is 3.58. The molecule has 9 heteroatoms. The number of benzene rings is 1. The zero-order valence-corrected chi connectivity index (χ0v) is 18.5. The van der Waals surface area contributed by atoms with Crippen LogP contribution in [-0.4, -0.2) is 46.3 Å². The number of hydrogen-bond donors (Lipinski definition) is 2. The number of aliphatic imine (C=N–C) groups is 1. The number of nitrogens with one attached hydrogen (secondary N) is 1. The Labute approximate surface area is 191 Å². The van der Waals surface area contributed by atoms with Crippen molar-refractivity contribution in [3.05, 3.63) is 71.3 Å². The molecular weight excluding hydrogens is 423 g/mol. The molecule has 0 fully saturated rings. The van der Waals surface area contributed by atoms with Crippen LogP contribution in [0.25, 0.3) is 17.5 Å². The van der Waals surface area contributed by atoms with E-state index >= 15 is 4.39 Å². The third kappa shape index (κ3) is 4.68. The number of hydrogen-bond acceptors (Lipinski definition) is 5. The number of rotatable bonds is 7. The van der Waals surface area contributed by atoms with Gasteiger partial charge >= 0.3 is 0 Å². The van der Waals surface area contributed by atoms with Crippen LogP contribution in [0, 0.1) is 5.82 Å². The Morgan fingerprint density at radius 3 is 2.88 bits per heavy atom. The molecule has 0 radical (unpaired) electrons. The molecule has 0 aliphatic carbocycles. The highest BCUT2D eigenvalue weighted by Gasteiger charge is 2.24. The zero-order valence-electron chi connectivity index (χ0n) is 18.5. The highest BCUT2D eigenvalue weighted by molar-refractivity contribution is 6.10. The Morgan fingerprint density at radius 1 is 1.36 bits per heavy atom. The lowest BCUT2D eigenvalue weighted by Gasteiger charge is -2.18. The van der Waals surface area contributed by atoms with Crippen molar-refractivity contribution in [3.63, 3.8) is 0 Å². The molecule has 3 aromatic rings. The van der Waals surface area contributed by atoms with Gasteiger partial charge in [-0.25, -0.2) is 14.1 Å². The van der Waals surface area contributed by atoms with E-state index in [-0.39, 0.29) is 23.2 Å². The average molecular weight is 449 g/mol. The lowest BCUT2D eigenvalue weighted by atomic mass is 10.0. The summed E-state index contributed by atoms with van der Waals surface area (Å²) in [5.74, 6) is -0.858. The topological polar surface area (TPSA) is 107 Å². The molecule has 1 aliphatic rings. The van der Waals surface area contributed by atoms with E-state index < -0.39 is 11.7 Å². The number of carbonyl (C=O) groups is 1. The molecule has 1 amide bonds. The summed E-state index contributed by atoms with van der Waals surface area (Å²) in [7, 11) is 1.62. The summed E-state index contributed by atoms with van der Waals surface area (Å²) in [6, 6.07) is 9.81. The number of nitrogens with zero attached hydrogens (tertiary/aromatic N) is 4. The van der Waals surface area contributed by atoms with Crippen LogP contribution in [0.2, 0.25) is 0 Å². The maximum atomic E-state index is 15.3. The average Bonchev–Trinajstić information content (AvgIpc) is 3.26. The fraction of sp³-hybridized carbons (Fsp3) is 0.250. The second-order valence-corrected chi connectivity index (χ2v) is 7.58. The fourth-order valence-electron chi connectivity index (χ4n) is 3.58. The van der Waals surface area contributed by atoms with Gasteiger partial charge in [0.15, 0.2) is 5.82 Å². The number of carbonyl (C=O) groups excluding carboxylic acids is 1. The summed E-state index contributed by atoms with van der Waals surface area (Å²) in [5, 5.41) is 7.49. The minimum Gasteiger partial charge on any atom is -0.383 e. The van der Waals surface area contributed by atoms with Gasteiger partial charge in [-0.15, -0.1) is 0 Å². The number of anilines is 1. The Bertz CT molecular complexity index is 1220. The predicted molar refractivity (Wildman–Crippen MR) is 126 cm³/mol. The summed E-state index contributed by atoms with van der Waals surface area (Å²) in [6.45, 7) is 2.59. The molecule has 0 saturated carbocycles. The van der Waals surface area contributed by atoms with Crippen molar-refractivity contribution in [2.45, 2.75) is 25.9 Å². The summed E-state index contributed by atoms with van der Waals surface area (Å²) < 4.78 is 22.4. The monoisotopic (exact) mass is 448 g/mol. The number of methoxy groups -OCH3 is 1. The molecule has 1 unspecified atom stereocenters.